The summed E-state index contributed by atoms with van der Waals surface area (Å²) in [5, 5.41) is 0. The Morgan fingerprint density at radius 2 is 1.05 bits per heavy atom. The molecule has 21 heavy (non-hydrogen) atoms. The zero-order valence-corrected chi connectivity index (χ0v) is 13.8. The zero-order valence-electron chi connectivity index (χ0n) is 13.8. The van der Waals surface area contributed by atoms with Crippen molar-refractivity contribution in [1.29, 1.82) is 0 Å². The Labute approximate surface area is 127 Å². The molecule has 0 aromatic heterocycles. The molecule has 0 bridgehead atoms. The van der Waals surface area contributed by atoms with Crippen LogP contribution in [-0.2, 0) is 6.42 Å². The molecule has 0 unspecified atom stereocenters. The lowest BCUT2D eigenvalue weighted by Gasteiger charge is -2.27. The van der Waals surface area contributed by atoms with Crippen molar-refractivity contribution in [2.75, 3.05) is 0 Å². The minimum Gasteiger partial charge on any atom is -0.289 e. The Morgan fingerprint density at radius 3 is 1.43 bits per heavy atom. The van der Waals surface area contributed by atoms with Gasteiger partial charge in [-0.05, 0) is 92.5 Å². The van der Waals surface area contributed by atoms with E-state index in [1.54, 1.807) is 0 Å². The molecule has 0 saturated heterocycles. The number of hydrogen-bond acceptors (Lipinski definition) is 1. The first-order valence-electron chi connectivity index (χ1n) is 7.57. The molecular formula is C20H22O. The van der Waals surface area contributed by atoms with Gasteiger partial charge in [-0.3, -0.25) is 4.79 Å². The van der Waals surface area contributed by atoms with Crippen LogP contribution in [0.4, 0.5) is 0 Å². The number of fused-ring (bicyclic) bond motifs is 2. The predicted octanol–water partition coefficient (Wildman–Crippen LogP) is 4.67. The van der Waals surface area contributed by atoms with Crippen LogP contribution in [0.5, 0.6) is 0 Å². The molecule has 0 amide bonds. The molecule has 3 rings (SSSR count). The molecule has 0 aliphatic heterocycles. The molecule has 108 valence electrons. The van der Waals surface area contributed by atoms with Crippen molar-refractivity contribution in [3.8, 4) is 0 Å². The molecule has 1 aliphatic rings. The Hall–Kier alpha value is -1.89. The maximum atomic E-state index is 13.1. The van der Waals surface area contributed by atoms with Crippen LogP contribution in [0.15, 0.2) is 12.1 Å². The molecule has 1 heteroatoms. The highest BCUT2D eigenvalue weighted by Crippen LogP contribution is 2.36. The summed E-state index contributed by atoms with van der Waals surface area (Å²) < 4.78 is 0. The first-order chi connectivity index (χ1) is 9.82. The molecule has 0 heterocycles. The quantitative estimate of drug-likeness (QED) is 0.584. The van der Waals surface area contributed by atoms with E-state index in [4.69, 9.17) is 0 Å². The van der Waals surface area contributed by atoms with Gasteiger partial charge >= 0.3 is 0 Å². The SMILES string of the molecule is Cc1cc(C)c2c(c1C)Cc1c(C)c(C)cc(C)c1C2=O. The van der Waals surface area contributed by atoms with Gasteiger partial charge in [-0.25, -0.2) is 0 Å². The lowest BCUT2D eigenvalue weighted by molar-refractivity contribution is 0.103. The molecule has 2 aromatic rings. The normalized spacial score (nSPS) is 13.1. The van der Waals surface area contributed by atoms with Gasteiger partial charge in [0, 0.05) is 11.1 Å². The number of hydrogen-bond donors (Lipinski definition) is 0. The first-order valence-corrected chi connectivity index (χ1v) is 7.57. The van der Waals surface area contributed by atoms with Gasteiger partial charge in [0.25, 0.3) is 0 Å². The summed E-state index contributed by atoms with van der Waals surface area (Å²) in [7, 11) is 0. The summed E-state index contributed by atoms with van der Waals surface area (Å²) in [5.74, 6) is 0.215. The molecule has 0 fully saturated rings. The average molecular weight is 278 g/mol. The molecule has 0 atom stereocenters. The first kappa shape index (κ1) is 14.1. The lowest BCUT2D eigenvalue weighted by Crippen LogP contribution is -2.21. The van der Waals surface area contributed by atoms with Gasteiger partial charge < -0.3 is 0 Å². The van der Waals surface area contributed by atoms with E-state index in [1.165, 1.54) is 33.4 Å². The number of ketones is 1. The maximum absolute atomic E-state index is 13.1. The van der Waals surface area contributed by atoms with Gasteiger partial charge in [-0.1, -0.05) is 12.1 Å². The minimum absolute atomic E-state index is 0.215. The van der Waals surface area contributed by atoms with Crippen LogP contribution >= 0.6 is 0 Å². The smallest absolute Gasteiger partial charge is 0.194 e. The summed E-state index contributed by atoms with van der Waals surface area (Å²) >= 11 is 0. The van der Waals surface area contributed by atoms with E-state index in [1.807, 2.05) is 0 Å². The van der Waals surface area contributed by atoms with Crippen LogP contribution in [-0.4, -0.2) is 5.78 Å². The van der Waals surface area contributed by atoms with Gasteiger partial charge in [0.15, 0.2) is 5.78 Å². The fourth-order valence-electron chi connectivity index (χ4n) is 3.71. The van der Waals surface area contributed by atoms with E-state index in [2.05, 4.69) is 53.7 Å². The van der Waals surface area contributed by atoms with E-state index >= 15 is 0 Å². The van der Waals surface area contributed by atoms with E-state index in [9.17, 15) is 4.79 Å². The van der Waals surface area contributed by atoms with Crippen molar-refractivity contribution in [1.82, 2.24) is 0 Å². The van der Waals surface area contributed by atoms with Gasteiger partial charge in [-0.15, -0.1) is 0 Å². The lowest BCUT2D eigenvalue weighted by atomic mass is 9.76. The van der Waals surface area contributed by atoms with Crippen molar-refractivity contribution in [2.45, 2.75) is 48.0 Å². The van der Waals surface area contributed by atoms with Crippen LogP contribution in [0.2, 0.25) is 0 Å². The fourth-order valence-corrected chi connectivity index (χ4v) is 3.71. The zero-order chi connectivity index (χ0) is 15.5. The van der Waals surface area contributed by atoms with Crippen LogP contribution in [0, 0.1) is 41.5 Å². The van der Waals surface area contributed by atoms with E-state index < -0.39 is 0 Å². The summed E-state index contributed by atoms with van der Waals surface area (Å²) in [4.78, 5) is 13.1. The molecule has 2 aromatic carbocycles. The largest absolute Gasteiger partial charge is 0.289 e. The highest BCUT2D eigenvalue weighted by atomic mass is 16.1. The van der Waals surface area contributed by atoms with Gasteiger partial charge in [0.1, 0.15) is 0 Å². The second kappa shape index (κ2) is 4.56. The summed E-state index contributed by atoms with van der Waals surface area (Å²) in [6.07, 6.45) is 0.888. The van der Waals surface area contributed by atoms with Crippen molar-refractivity contribution < 1.29 is 4.79 Å². The highest BCUT2D eigenvalue weighted by Gasteiger charge is 2.29. The summed E-state index contributed by atoms with van der Waals surface area (Å²) in [6.45, 7) is 12.7. The molecule has 0 radical (unpaired) electrons. The van der Waals surface area contributed by atoms with Crippen molar-refractivity contribution in [3.63, 3.8) is 0 Å². The van der Waals surface area contributed by atoms with Crippen molar-refractivity contribution in [2.24, 2.45) is 0 Å². The van der Waals surface area contributed by atoms with Gasteiger partial charge in [-0.2, -0.15) is 0 Å². The van der Waals surface area contributed by atoms with Crippen LogP contribution in [0.3, 0.4) is 0 Å². The van der Waals surface area contributed by atoms with Gasteiger partial charge in [0.2, 0.25) is 0 Å². The Bertz CT molecular complexity index is 729. The Balaban J connectivity index is 2.38. The van der Waals surface area contributed by atoms with Crippen molar-refractivity contribution >= 4 is 5.78 Å². The van der Waals surface area contributed by atoms with Crippen LogP contribution in [0.1, 0.15) is 60.4 Å². The predicted molar refractivity (Wildman–Crippen MR) is 87.5 cm³/mol. The molecule has 1 aliphatic carbocycles. The van der Waals surface area contributed by atoms with Gasteiger partial charge in [0.05, 0.1) is 0 Å². The number of benzene rings is 2. The second-order valence-electron chi connectivity index (χ2n) is 6.48. The molecule has 0 spiro atoms. The summed E-state index contributed by atoms with van der Waals surface area (Å²) in [5.41, 5.74) is 11.7. The average Bonchev–Trinajstić information content (AvgIpc) is 2.41. The number of aryl methyl sites for hydroxylation is 4. The molecule has 0 N–H and O–H groups in total. The fraction of sp³-hybridized carbons (Fsp3) is 0.350. The number of carbonyl (C=O) groups is 1. The number of rotatable bonds is 0. The maximum Gasteiger partial charge on any atom is 0.194 e. The summed E-state index contributed by atoms with van der Waals surface area (Å²) in [6, 6.07) is 4.29. The second-order valence-corrected chi connectivity index (χ2v) is 6.48. The number of carbonyl (C=O) groups excluding carboxylic acids is 1. The standard InChI is InChI=1S/C20H22O/c1-10-7-12(3)18-16(14(10)5)9-17-15(6)11(2)8-13(4)19(17)20(18)21/h7-8H,9H2,1-6H3. The third kappa shape index (κ3) is 1.87. The minimum atomic E-state index is 0.215. The van der Waals surface area contributed by atoms with E-state index in [-0.39, 0.29) is 5.78 Å². The van der Waals surface area contributed by atoms with Crippen molar-refractivity contribution in [3.05, 3.63) is 67.8 Å². The third-order valence-electron chi connectivity index (χ3n) is 5.15. The van der Waals surface area contributed by atoms with Crippen LogP contribution in [0.25, 0.3) is 0 Å². The van der Waals surface area contributed by atoms with E-state index in [0.29, 0.717) is 0 Å². The Kier molecular flexibility index (Phi) is 3.05. The third-order valence-corrected chi connectivity index (χ3v) is 5.15. The monoisotopic (exact) mass is 278 g/mol. The highest BCUT2D eigenvalue weighted by molar-refractivity contribution is 6.14. The van der Waals surface area contributed by atoms with Crippen LogP contribution < -0.4 is 0 Å². The molecular weight excluding hydrogens is 256 g/mol. The van der Waals surface area contributed by atoms with E-state index in [0.717, 1.165) is 28.7 Å². The molecule has 1 nitrogen and oxygen atoms in total. The Morgan fingerprint density at radius 1 is 0.667 bits per heavy atom. The topological polar surface area (TPSA) is 17.1 Å². The molecule has 0 saturated carbocycles.